The van der Waals surface area contributed by atoms with E-state index in [9.17, 15) is 0 Å². The van der Waals surface area contributed by atoms with Gasteiger partial charge in [-0.2, -0.15) is 0 Å². The molecule has 4 nitrogen and oxygen atoms in total. The maximum atomic E-state index is 5.90. The number of fused-ring (bicyclic) bond motifs is 2. The van der Waals surface area contributed by atoms with E-state index >= 15 is 0 Å². The van der Waals surface area contributed by atoms with Gasteiger partial charge in [-0.05, 0) is 44.4 Å². The quantitative estimate of drug-likeness (QED) is 0.898. The second kappa shape index (κ2) is 5.62. The first-order valence-electron chi connectivity index (χ1n) is 7.34. The molecule has 110 valence electrons. The van der Waals surface area contributed by atoms with Crippen LogP contribution in [-0.2, 0) is 4.74 Å². The number of hydrogen-bond acceptors (Lipinski definition) is 4. The van der Waals surface area contributed by atoms with Crippen molar-refractivity contribution in [2.45, 2.75) is 50.5 Å². The second-order valence-electron chi connectivity index (χ2n) is 5.71. The molecule has 4 heteroatoms. The summed E-state index contributed by atoms with van der Waals surface area (Å²) in [6, 6.07) is 6.61. The van der Waals surface area contributed by atoms with Gasteiger partial charge in [-0.1, -0.05) is 0 Å². The molecule has 0 saturated carbocycles. The van der Waals surface area contributed by atoms with Crippen LogP contribution >= 0.6 is 0 Å². The number of ether oxygens (including phenoxy) is 3. The molecule has 2 aliphatic heterocycles. The molecule has 0 amide bonds. The average molecular weight is 277 g/mol. The van der Waals surface area contributed by atoms with Crippen molar-refractivity contribution in [2.75, 3.05) is 14.2 Å². The highest BCUT2D eigenvalue weighted by molar-refractivity contribution is 5.42. The van der Waals surface area contributed by atoms with E-state index in [1.165, 1.54) is 12.8 Å². The first kappa shape index (κ1) is 13.7. The number of benzene rings is 1. The minimum Gasteiger partial charge on any atom is -0.497 e. The Morgan fingerprint density at radius 2 is 2.10 bits per heavy atom. The van der Waals surface area contributed by atoms with Gasteiger partial charge in [0.15, 0.2) is 0 Å². The Labute approximate surface area is 120 Å². The van der Waals surface area contributed by atoms with Gasteiger partial charge >= 0.3 is 0 Å². The van der Waals surface area contributed by atoms with Crippen LogP contribution in [0.2, 0.25) is 0 Å². The van der Waals surface area contributed by atoms with Crippen molar-refractivity contribution in [3.8, 4) is 11.5 Å². The first-order chi connectivity index (χ1) is 9.71. The predicted octanol–water partition coefficient (Wildman–Crippen LogP) is 2.67. The van der Waals surface area contributed by atoms with E-state index in [2.05, 4.69) is 12.2 Å². The van der Waals surface area contributed by atoms with Crippen LogP contribution in [0.1, 0.15) is 37.8 Å². The van der Waals surface area contributed by atoms with E-state index in [-0.39, 0.29) is 6.04 Å². The van der Waals surface area contributed by atoms with Crippen LogP contribution in [0, 0.1) is 0 Å². The fourth-order valence-corrected chi connectivity index (χ4v) is 3.40. The molecular formula is C16H23NO3. The van der Waals surface area contributed by atoms with Gasteiger partial charge in [-0.25, -0.2) is 0 Å². The van der Waals surface area contributed by atoms with Crippen molar-refractivity contribution in [1.82, 2.24) is 5.32 Å². The van der Waals surface area contributed by atoms with Gasteiger partial charge < -0.3 is 19.5 Å². The van der Waals surface area contributed by atoms with Crippen molar-refractivity contribution in [3.63, 3.8) is 0 Å². The summed E-state index contributed by atoms with van der Waals surface area (Å²) in [4.78, 5) is 0. The van der Waals surface area contributed by atoms with Crippen molar-refractivity contribution in [2.24, 2.45) is 0 Å². The highest BCUT2D eigenvalue weighted by atomic mass is 16.5. The van der Waals surface area contributed by atoms with Gasteiger partial charge in [0.2, 0.25) is 0 Å². The summed E-state index contributed by atoms with van der Waals surface area (Å²) in [6.07, 6.45) is 4.39. The zero-order valence-corrected chi connectivity index (χ0v) is 12.4. The second-order valence-corrected chi connectivity index (χ2v) is 5.71. The molecule has 0 aromatic heterocycles. The molecule has 2 fully saturated rings. The lowest BCUT2D eigenvalue weighted by Gasteiger charge is -2.26. The highest BCUT2D eigenvalue weighted by Gasteiger charge is 2.41. The lowest BCUT2D eigenvalue weighted by Crippen LogP contribution is -2.39. The third-order valence-electron chi connectivity index (χ3n) is 4.47. The summed E-state index contributed by atoms with van der Waals surface area (Å²) in [7, 11) is 3.39. The molecule has 1 aromatic carbocycles. The molecule has 1 N–H and O–H groups in total. The molecule has 4 atom stereocenters. The lowest BCUT2D eigenvalue weighted by atomic mass is 9.94. The van der Waals surface area contributed by atoms with Crippen LogP contribution < -0.4 is 14.8 Å². The van der Waals surface area contributed by atoms with Gasteiger partial charge in [0.1, 0.15) is 11.5 Å². The largest absolute Gasteiger partial charge is 0.497 e. The molecule has 20 heavy (non-hydrogen) atoms. The number of nitrogens with one attached hydrogen (secondary N) is 1. The molecule has 2 heterocycles. The maximum Gasteiger partial charge on any atom is 0.123 e. The molecule has 2 saturated heterocycles. The molecule has 1 aromatic rings. The summed E-state index contributed by atoms with van der Waals surface area (Å²) in [6.45, 7) is 2.17. The molecule has 0 spiro atoms. The number of methoxy groups -OCH3 is 2. The van der Waals surface area contributed by atoms with Gasteiger partial charge in [0.05, 0.1) is 26.4 Å². The molecule has 0 radical (unpaired) electrons. The Kier molecular flexibility index (Phi) is 3.85. The highest BCUT2D eigenvalue weighted by Crippen LogP contribution is 2.36. The van der Waals surface area contributed by atoms with Crippen LogP contribution in [0.3, 0.4) is 0 Å². The zero-order chi connectivity index (χ0) is 14.1. The van der Waals surface area contributed by atoms with Crippen LogP contribution in [0.4, 0.5) is 0 Å². The third kappa shape index (κ3) is 2.50. The Morgan fingerprint density at radius 1 is 1.25 bits per heavy atom. The first-order valence-corrected chi connectivity index (χ1v) is 7.34. The van der Waals surface area contributed by atoms with Crippen LogP contribution in [0.25, 0.3) is 0 Å². The number of hydrogen-bond donors (Lipinski definition) is 1. The van der Waals surface area contributed by atoms with Crippen molar-refractivity contribution in [3.05, 3.63) is 23.8 Å². The summed E-state index contributed by atoms with van der Waals surface area (Å²) in [5, 5.41) is 3.69. The van der Waals surface area contributed by atoms with Crippen LogP contribution in [0.5, 0.6) is 11.5 Å². The molecule has 2 bridgehead atoms. The average Bonchev–Trinajstić information content (AvgIpc) is 3.09. The normalized spacial score (nSPS) is 29.4. The predicted molar refractivity (Wildman–Crippen MR) is 77.4 cm³/mol. The van der Waals surface area contributed by atoms with E-state index in [4.69, 9.17) is 14.2 Å². The molecular weight excluding hydrogens is 254 g/mol. The van der Waals surface area contributed by atoms with Gasteiger partial charge in [0, 0.05) is 17.6 Å². The minimum atomic E-state index is 0.216. The Bertz CT molecular complexity index is 477. The summed E-state index contributed by atoms with van der Waals surface area (Å²) in [5.41, 5.74) is 1.13. The Morgan fingerprint density at radius 3 is 2.70 bits per heavy atom. The molecule has 2 aliphatic rings. The SMILES string of the molecule is COc1ccc(OC)c(C(C)NC2CC3CCC2O3)c1. The molecule has 3 rings (SSSR count). The Balaban J connectivity index is 1.74. The zero-order valence-electron chi connectivity index (χ0n) is 12.4. The van der Waals surface area contributed by atoms with Gasteiger partial charge in [-0.3, -0.25) is 0 Å². The van der Waals surface area contributed by atoms with Crippen LogP contribution in [0.15, 0.2) is 18.2 Å². The summed E-state index contributed by atoms with van der Waals surface area (Å²) < 4.78 is 16.7. The molecule has 4 unspecified atom stereocenters. The maximum absolute atomic E-state index is 5.90. The van der Waals surface area contributed by atoms with Gasteiger partial charge in [-0.15, -0.1) is 0 Å². The summed E-state index contributed by atoms with van der Waals surface area (Å²) in [5.74, 6) is 1.76. The fourth-order valence-electron chi connectivity index (χ4n) is 3.40. The fraction of sp³-hybridized carbons (Fsp3) is 0.625. The van der Waals surface area contributed by atoms with E-state index in [1.54, 1.807) is 14.2 Å². The Hall–Kier alpha value is -1.26. The van der Waals surface area contributed by atoms with E-state index in [0.29, 0.717) is 18.2 Å². The van der Waals surface area contributed by atoms with Crippen LogP contribution in [-0.4, -0.2) is 32.5 Å². The summed E-state index contributed by atoms with van der Waals surface area (Å²) >= 11 is 0. The molecule has 0 aliphatic carbocycles. The smallest absolute Gasteiger partial charge is 0.123 e. The monoisotopic (exact) mass is 277 g/mol. The lowest BCUT2D eigenvalue weighted by molar-refractivity contribution is 0.0962. The van der Waals surface area contributed by atoms with Crippen molar-refractivity contribution in [1.29, 1.82) is 0 Å². The minimum absolute atomic E-state index is 0.216. The number of rotatable bonds is 5. The van der Waals surface area contributed by atoms with E-state index in [0.717, 1.165) is 23.5 Å². The van der Waals surface area contributed by atoms with E-state index < -0.39 is 0 Å². The van der Waals surface area contributed by atoms with Crippen molar-refractivity contribution >= 4 is 0 Å². The third-order valence-corrected chi connectivity index (χ3v) is 4.47. The standard InChI is InChI=1S/C16H23NO3/c1-10(17-14-9-12-5-7-16(14)20-12)13-8-11(18-2)4-6-15(13)19-3/h4,6,8,10,12,14,16-17H,5,7,9H2,1-3H3. The van der Waals surface area contributed by atoms with Gasteiger partial charge in [0.25, 0.3) is 0 Å². The topological polar surface area (TPSA) is 39.7 Å². The van der Waals surface area contributed by atoms with Crippen molar-refractivity contribution < 1.29 is 14.2 Å². The van der Waals surface area contributed by atoms with E-state index in [1.807, 2.05) is 18.2 Å².